The lowest BCUT2D eigenvalue weighted by Crippen LogP contribution is -2.49. The molecule has 3 heterocycles. The first-order valence-electron chi connectivity index (χ1n) is 14.4. The monoisotopic (exact) mass is 631 g/mol. The molecule has 1 saturated heterocycles. The average molecular weight is 632 g/mol. The Kier molecular flexibility index (Phi) is 9.83. The van der Waals surface area contributed by atoms with Gasteiger partial charge in [-0.25, -0.2) is 18.5 Å². The molecule has 0 amide bonds. The van der Waals surface area contributed by atoms with E-state index in [1.54, 1.807) is 31.2 Å². The lowest BCUT2D eigenvalue weighted by molar-refractivity contribution is -0.151. The number of alkyl halides is 1. The number of carbonyl (C=O) groups excluding carboxylic acids is 1. The third-order valence-electron chi connectivity index (χ3n) is 8.00. The highest BCUT2D eigenvalue weighted by molar-refractivity contribution is 7.52. The molecule has 2 N–H and O–H groups in total. The smallest absolute Gasteiger partial charge is 0.459 e. The maximum atomic E-state index is 16.4. The van der Waals surface area contributed by atoms with E-state index in [0.717, 1.165) is 19.8 Å². The average Bonchev–Trinajstić information content (AvgIpc) is 3.50. The zero-order chi connectivity index (χ0) is 32.3. The topological polar surface area (TPSA) is 157 Å². The molecule has 1 fully saturated rings. The number of aliphatic hydroxyl groups is 1. The fourth-order valence-corrected chi connectivity index (χ4v) is 6.76. The Balaban J connectivity index is 1.60. The van der Waals surface area contributed by atoms with E-state index in [-0.39, 0.29) is 24.0 Å². The van der Waals surface area contributed by atoms with Gasteiger partial charge in [0, 0.05) is 0 Å². The van der Waals surface area contributed by atoms with Crippen LogP contribution in [0.1, 0.15) is 58.8 Å². The summed E-state index contributed by atoms with van der Waals surface area (Å²) in [6, 6.07) is 13.1. The zero-order valence-corrected chi connectivity index (χ0v) is 26.6. The van der Waals surface area contributed by atoms with Crippen molar-refractivity contribution in [2.45, 2.75) is 83.4 Å². The van der Waals surface area contributed by atoms with Crippen molar-refractivity contribution in [1.29, 1.82) is 5.26 Å². The second-order valence-corrected chi connectivity index (χ2v) is 13.2. The molecular formula is C30H39FN5O7P. The number of aryl methyl sites for hydroxylation is 1. The number of fused-ring (bicyclic) bond motifs is 1. The Labute approximate surface area is 256 Å². The van der Waals surface area contributed by atoms with Crippen molar-refractivity contribution in [2.75, 3.05) is 13.2 Å². The number of halogens is 1. The van der Waals surface area contributed by atoms with E-state index >= 15 is 4.39 Å². The van der Waals surface area contributed by atoms with Gasteiger partial charge in [-0.2, -0.15) is 15.4 Å². The normalized spacial score (nSPS) is 25.1. The van der Waals surface area contributed by atoms with Crippen molar-refractivity contribution >= 4 is 19.2 Å². The molecule has 5 atom stereocenters. The van der Waals surface area contributed by atoms with Crippen molar-refractivity contribution in [3.63, 3.8) is 0 Å². The van der Waals surface area contributed by atoms with Crippen LogP contribution >= 0.6 is 7.75 Å². The summed E-state index contributed by atoms with van der Waals surface area (Å²) in [5.74, 6) is -0.351. The highest BCUT2D eigenvalue weighted by Gasteiger charge is 2.67. The predicted octanol–water partition coefficient (Wildman–Crippen LogP) is 4.80. The van der Waals surface area contributed by atoms with Gasteiger partial charge in [0.05, 0.1) is 30.1 Å². The van der Waals surface area contributed by atoms with Gasteiger partial charge in [0.15, 0.2) is 5.67 Å². The van der Waals surface area contributed by atoms with Crippen LogP contribution in [0.5, 0.6) is 5.75 Å². The van der Waals surface area contributed by atoms with Gasteiger partial charge in [0.2, 0.25) is 5.60 Å². The van der Waals surface area contributed by atoms with Crippen molar-refractivity contribution in [1.82, 2.24) is 19.7 Å². The zero-order valence-electron chi connectivity index (χ0n) is 25.7. The van der Waals surface area contributed by atoms with E-state index in [1.807, 2.05) is 19.9 Å². The number of nitrogens with zero attached hydrogens (tertiary/aromatic N) is 4. The lowest BCUT2D eigenvalue weighted by atomic mass is 9.82. The summed E-state index contributed by atoms with van der Waals surface area (Å²) in [7, 11) is -4.43. The molecule has 1 unspecified atom stereocenters. The second-order valence-electron chi connectivity index (χ2n) is 11.5. The van der Waals surface area contributed by atoms with Gasteiger partial charge in [-0.3, -0.25) is 9.32 Å². The highest BCUT2D eigenvalue weighted by atomic mass is 31.2. The summed E-state index contributed by atoms with van der Waals surface area (Å²) in [5.41, 5.74) is -5.37. The summed E-state index contributed by atoms with van der Waals surface area (Å²) in [4.78, 5) is 17.2. The van der Waals surface area contributed by atoms with Gasteiger partial charge in [0.25, 0.3) is 0 Å². The Morgan fingerprint density at radius 2 is 1.95 bits per heavy atom. The van der Waals surface area contributed by atoms with Crippen LogP contribution in [0, 0.1) is 24.2 Å². The molecule has 0 radical (unpaired) electrons. The molecule has 14 heteroatoms. The third-order valence-corrected chi connectivity index (χ3v) is 9.77. The number of hydrogen-bond donors (Lipinski definition) is 2. The molecule has 0 aliphatic carbocycles. The van der Waals surface area contributed by atoms with E-state index in [1.165, 1.54) is 42.9 Å². The predicted molar refractivity (Wildman–Crippen MR) is 158 cm³/mol. The molecule has 2 aromatic heterocycles. The number of ether oxygens (including phenoxy) is 2. The molecule has 1 aromatic carbocycles. The van der Waals surface area contributed by atoms with Crippen LogP contribution in [-0.2, 0) is 29.0 Å². The number of benzene rings is 1. The summed E-state index contributed by atoms with van der Waals surface area (Å²) in [6.07, 6.45) is -0.456. The molecule has 4 rings (SSSR count). The van der Waals surface area contributed by atoms with Crippen molar-refractivity contribution in [3.8, 4) is 11.8 Å². The standard InChI is InChI=1S/C30H39FN5O7P/c1-7-21(8-2)16-40-27(38)28(4,5)35-44(39,43-22-12-10-9-11-13-22)41-17-24-26(37)29(6,31)30(18-32,42-24)25-15-14-23-20(3)33-19-34-36(23)25/h9-15,19,21,24,26,37H,7-8,16-17H2,1-6H3,(H,35,39)/t24-,26-,29-,30+,44?/m1/s1. The molecule has 3 aromatic rings. The lowest BCUT2D eigenvalue weighted by Gasteiger charge is -2.30. The highest BCUT2D eigenvalue weighted by Crippen LogP contribution is 2.52. The Morgan fingerprint density at radius 3 is 2.59 bits per heavy atom. The molecule has 0 saturated carbocycles. The van der Waals surface area contributed by atoms with E-state index in [2.05, 4.69) is 15.2 Å². The Morgan fingerprint density at radius 1 is 1.27 bits per heavy atom. The molecule has 1 aliphatic rings. The molecule has 0 bridgehead atoms. The minimum Gasteiger partial charge on any atom is -0.464 e. The summed E-state index contributed by atoms with van der Waals surface area (Å²) < 4.78 is 54.8. The SMILES string of the molecule is CCC(CC)COC(=O)C(C)(C)NP(=O)(OC[C@H]1O[C@@](C#N)(c2ccc3c(C)ncnn23)[C@](C)(F)[C@@H]1O)Oc1ccccc1. The van der Waals surface area contributed by atoms with Gasteiger partial charge >= 0.3 is 13.7 Å². The van der Waals surface area contributed by atoms with Crippen molar-refractivity contribution in [2.24, 2.45) is 5.92 Å². The summed E-state index contributed by atoms with van der Waals surface area (Å²) in [6.45, 7) is 9.23. The number of aromatic nitrogens is 3. The van der Waals surface area contributed by atoms with Crippen LogP contribution in [0.3, 0.4) is 0 Å². The largest absolute Gasteiger partial charge is 0.464 e. The number of carbonyl (C=O) groups is 1. The van der Waals surface area contributed by atoms with Gasteiger partial charge in [0.1, 0.15) is 35.9 Å². The fourth-order valence-electron chi connectivity index (χ4n) is 5.08. The van der Waals surface area contributed by atoms with E-state index in [9.17, 15) is 19.7 Å². The number of hydrogen-bond acceptors (Lipinski definition) is 10. The van der Waals surface area contributed by atoms with Crippen LogP contribution < -0.4 is 9.61 Å². The van der Waals surface area contributed by atoms with E-state index in [0.29, 0.717) is 11.2 Å². The first-order valence-corrected chi connectivity index (χ1v) is 16.0. The van der Waals surface area contributed by atoms with Crippen LogP contribution in [0.2, 0.25) is 0 Å². The molecule has 238 valence electrons. The quantitative estimate of drug-likeness (QED) is 0.197. The molecular weight excluding hydrogens is 592 g/mol. The molecule has 0 spiro atoms. The molecule has 44 heavy (non-hydrogen) atoms. The van der Waals surface area contributed by atoms with Crippen molar-refractivity contribution < 1.29 is 37.4 Å². The number of esters is 1. The molecule has 1 aliphatic heterocycles. The van der Waals surface area contributed by atoms with Crippen molar-refractivity contribution in [3.05, 3.63) is 60.2 Å². The van der Waals surface area contributed by atoms with Crippen LogP contribution in [0.25, 0.3) is 5.52 Å². The van der Waals surface area contributed by atoms with Crippen LogP contribution in [-0.4, -0.2) is 62.3 Å². The third kappa shape index (κ3) is 6.36. The van der Waals surface area contributed by atoms with E-state index < -0.39 is 49.3 Å². The maximum Gasteiger partial charge on any atom is 0.459 e. The number of aliphatic hydroxyl groups excluding tert-OH is 1. The van der Waals surface area contributed by atoms with Gasteiger partial charge < -0.3 is 19.1 Å². The minimum absolute atomic E-state index is 0.0373. The number of nitrogens with one attached hydrogen (secondary N) is 1. The first kappa shape index (κ1) is 33.5. The minimum atomic E-state index is -4.43. The van der Waals surface area contributed by atoms with Gasteiger partial charge in [-0.05, 0) is 57.9 Å². The first-order chi connectivity index (χ1) is 20.7. The fraction of sp³-hybridized carbons (Fsp3) is 0.533. The van der Waals surface area contributed by atoms with Crippen LogP contribution in [0.15, 0.2) is 48.8 Å². The molecule has 12 nitrogen and oxygen atoms in total. The number of rotatable bonds is 13. The summed E-state index contributed by atoms with van der Waals surface area (Å²) >= 11 is 0. The van der Waals surface area contributed by atoms with Gasteiger partial charge in [-0.15, -0.1) is 0 Å². The number of nitriles is 1. The Bertz CT molecular complexity index is 1560. The second kappa shape index (κ2) is 12.9. The summed E-state index contributed by atoms with van der Waals surface area (Å²) in [5, 5.41) is 28.2. The van der Waals surface area contributed by atoms with Gasteiger partial charge in [-0.1, -0.05) is 44.9 Å². The Hall–Kier alpha value is -3.40. The number of para-hydroxylation sites is 1. The maximum absolute atomic E-state index is 16.4. The van der Waals surface area contributed by atoms with Crippen LogP contribution in [0.4, 0.5) is 4.39 Å². The van der Waals surface area contributed by atoms with E-state index in [4.69, 9.17) is 18.5 Å².